The molecule has 0 fully saturated rings. The van der Waals surface area contributed by atoms with Crippen molar-refractivity contribution in [1.82, 2.24) is 4.90 Å². The lowest BCUT2D eigenvalue weighted by molar-refractivity contribution is -0.138. The van der Waals surface area contributed by atoms with Gasteiger partial charge < -0.3 is 15.3 Å². The highest BCUT2D eigenvalue weighted by Gasteiger charge is 2.29. The number of anilines is 1. The molecular formula is C13H15BrF2N2O3. The van der Waals surface area contributed by atoms with E-state index < -0.39 is 35.7 Å². The summed E-state index contributed by atoms with van der Waals surface area (Å²) in [7, 11) is 0. The van der Waals surface area contributed by atoms with E-state index in [1.54, 1.807) is 20.8 Å². The van der Waals surface area contributed by atoms with E-state index in [4.69, 9.17) is 5.11 Å². The minimum absolute atomic E-state index is 0.0141. The quantitative estimate of drug-likeness (QED) is 0.807. The second-order valence-corrected chi connectivity index (χ2v) is 6.18. The molecule has 21 heavy (non-hydrogen) atoms. The van der Waals surface area contributed by atoms with Gasteiger partial charge in [-0.05, 0) is 42.8 Å². The van der Waals surface area contributed by atoms with Crippen LogP contribution in [0.4, 0.5) is 19.3 Å². The number of carbonyl (C=O) groups excluding carboxylic acids is 1. The van der Waals surface area contributed by atoms with Crippen LogP contribution < -0.4 is 5.32 Å². The van der Waals surface area contributed by atoms with Crippen molar-refractivity contribution in [3.63, 3.8) is 0 Å². The average Bonchev–Trinajstić information content (AvgIpc) is 2.31. The molecule has 0 unspecified atom stereocenters. The Morgan fingerprint density at radius 1 is 1.29 bits per heavy atom. The number of rotatable bonds is 3. The molecule has 5 nitrogen and oxygen atoms in total. The van der Waals surface area contributed by atoms with Crippen molar-refractivity contribution in [3.8, 4) is 0 Å². The summed E-state index contributed by atoms with van der Waals surface area (Å²) < 4.78 is 26.7. The Balaban J connectivity index is 3.02. The molecule has 0 radical (unpaired) electrons. The molecule has 1 aromatic carbocycles. The molecule has 0 saturated carbocycles. The molecular weight excluding hydrogens is 350 g/mol. The number of nitrogens with zero attached hydrogens (tertiary/aromatic N) is 1. The van der Waals surface area contributed by atoms with Gasteiger partial charge in [-0.2, -0.15) is 0 Å². The second-order valence-electron chi connectivity index (χ2n) is 5.33. The van der Waals surface area contributed by atoms with Crippen LogP contribution in [-0.2, 0) is 4.79 Å². The normalized spacial score (nSPS) is 11.1. The fourth-order valence-electron chi connectivity index (χ4n) is 1.55. The number of aliphatic carboxylic acids is 1. The fourth-order valence-corrected chi connectivity index (χ4v) is 1.89. The van der Waals surface area contributed by atoms with Gasteiger partial charge >= 0.3 is 12.0 Å². The molecule has 2 N–H and O–H groups in total. The molecule has 0 bridgehead atoms. The van der Waals surface area contributed by atoms with Crippen molar-refractivity contribution in [2.24, 2.45) is 0 Å². The summed E-state index contributed by atoms with van der Waals surface area (Å²) in [5, 5.41) is 11.1. The first-order valence-corrected chi connectivity index (χ1v) is 6.76. The Hall–Kier alpha value is -1.70. The number of nitrogens with one attached hydrogen (secondary N) is 1. The molecule has 1 aromatic rings. The highest BCUT2D eigenvalue weighted by atomic mass is 79.9. The fraction of sp³-hybridized carbons (Fsp3) is 0.385. The van der Waals surface area contributed by atoms with Crippen LogP contribution in [0.5, 0.6) is 0 Å². The number of hydrogen-bond acceptors (Lipinski definition) is 2. The van der Waals surface area contributed by atoms with Crippen LogP contribution in [0.25, 0.3) is 0 Å². The maximum atomic E-state index is 13.6. The van der Waals surface area contributed by atoms with E-state index in [0.717, 1.165) is 11.0 Å². The molecule has 116 valence electrons. The molecule has 8 heteroatoms. The minimum Gasteiger partial charge on any atom is -0.480 e. The van der Waals surface area contributed by atoms with E-state index in [0.29, 0.717) is 6.07 Å². The van der Waals surface area contributed by atoms with Gasteiger partial charge in [0.05, 0.1) is 10.2 Å². The number of carbonyl (C=O) groups is 2. The molecule has 0 spiro atoms. The summed E-state index contributed by atoms with van der Waals surface area (Å²) in [6.45, 7) is 4.39. The predicted octanol–water partition coefficient (Wildman–Crippen LogP) is 3.44. The first-order valence-electron chi connectivity index (χ1n) is 5.97. The van der Waals surface area contributed by atoms with Crippen molar-refractivity contribution in [2.45, 2.75) is 26.3 Å². The van der Waals surface area contributed by atoms with Gasteiger partial charge in [0, 0.05) is 11.6 Å². The second kappa shape index (κ2) is 6.38. The van der Waals surface area contributed by atoms with Crippen molar-refractivity contribution >= 4 is 33.6 Å². The topological polar surface area (TPSA) is 69.6 Å². The van der Waals surface area contributed by atoms with Crippen molar-refractivity contribution in [2.75, 3.05) is 11.9 Å². The molecule has 0 aliphatic rings. The summed E-state index contributed by atoms with van der Waals surface area (Å²) in [5.74, 6) is -2.95. The molecule has 0 saturated heterocycles. The molecule has 0 aromatic heterocycles. The molecule has 0 aliphatic carbocycles. The van der Waals surface area contributed by atoms with Crippen molar-refractivity contribution in [3.05, 3.63) is 28.2 Å². The number of carboxylic acid groups (broad SMARTS) is 1. The minimum atomic E-state index is -1.19. The molecule has 1 rings (SSSR count). The first kappa shape index (κ1) is 17.4. The van der Waals surface area contributed by atoms with Gasteiger partial charge in [-0.1, -0.05) is 0 Å². The zero-order valence-electron chi connectivity index (χ0n) is 11.7. The molecule has 2 amide bonds. The number of benzene rings is 1. The zero-order chi connectivity index (χ0) is 16.4. The van der Waals surface area contributed by atoms with E-state index in [1.807, 2.05) is 0 Å². The lowest BCUT2D eigenvalue weighted by atomic mass is 10.1. The largest absolute Gasteiger partial charge is 0.480 e. The number of amides is 2. The van der Waals surface area contributed by atoms with Gasteiger partial charge in [-0.3, -0.25) is 4.79 Å². The van der Waals surface area contributed by atoms with Crippen molar-refractivity contribution in [1.29, 1.82) is 0 Å². The number of carboxylic acids is 1. The van der Waals surface area contributed by atoms with Gasteiger partial charge in [0.15, 0.2) is 0 Å². The van der Waals surface area contributed by atoms with Crippen LogP contribution in [0.3, 0.4) is 0 Å². The molecule has 0 heterocycles. The highest BCUT2D eigenvalue weighted by Crippen LogP contribution is 2.24. The monoisotopic (exact) mass is 364 g/mol. The van der Waals surface area contributed by atoms with Crippen molar-refractivity contribution < 1.29 is 23.5 Å². The molecule has 0 aliphatic heterocycles. The third-order valence-electron chi connectivity index (χ3n) is 2.60. The smallest absolute Gasteiger partial charge is 0.323 e. The van der Waals surface area contributed by atoms with Gasteiger partial charge in [0.25, 0.3) is 0 Å². The van der Waals surface area contributed by atoms with Gasteiger partial charge in [0.2, 0.25) is 0 Å². The van der Waals surface area contributed by atoms with Crippen LogP contribution in [0.2, 0.25) is 0 Å². The van der Waals surface area contributed by atoms with E-state index >= 15 is 0 Å². The summed E-state index contributed by atoms with van der Waals surface area (Å²) in [6.07, 6.45) is 0. The maximum Gasteiger partial charge on any atom is 0.323 e. The Morgan fingerprint density at radius 3 is 2.33 bits per heavy atom. The van der Waals surface area contributed by atoms with E-state index in [9.17, 15) is 18.4 Å². The molecule has 0 atom stereocenters. The lowest BCUT2D eigenvalue weighted by Crippen LogP contribution is -2.50. The third kappa shape index (κ3) is 4.66. The van der Waals surface area contributed by atoms with Crippen LogP contribution in [-0.4, -0.2) is 34.1 Å². The van der Waals surface area contributed by atoms with Gasteiger partial charge in [0.1, 0.15) is 18.2 Å². The standard InChI is InChI=1S/C13H15BrF2N2O3/c1-13(2,3)18(6-11(19)20)12(21)17-10-4-7(14)8(15)5-9(10)16/h4-5H,6H2,1-3H3,(H,17,21)(H,19,20). The number of halogens is 3. The Labute approximate surface area is 129 Å². The van der Waals surface area contributed by atoms with Gasteiger partial charge in [-0.15, -0.1) is 0 Å². The summed E-state index contributed by atoms with van der Waals surface area (Å²) in [4.78, 5) is 24.0. The highest BCUT2D eigenvalue weighted by molar-refractivity contribution is 9.10. The summed E-state index contributed by atoms with van der Waals surface area (Å²) >= 11 is 2.89. The van der Waals surface area contributed by atoms with Crippen LogP contribution in [0, 0.1) is 11.6 Å². The average molecular weight is 365 g/mol. The predicted molar refractivity (Wildman–Crippen MR) is 77.2 cm³/mol. The summed E-state index contributed by atoms with van der Waals surface area (Å²) in [5.41, 5.74) is -1.02. The van der Waals surface area contributed by atoms with Crippen LogP contribution >= 0.6 is 15.9 Å². The SMILES string of the molecule is CC(C)(C)N(CC(=O)O)C(=O)Nc1cc(Br)c(F)cc1F. The van der Waals surface area contributed by atoms with Crippen LogP contribution in [0.1, 0.15) is 20.8 Å². The number of hydrogen-bond donors (Lipinski definition) is 2. The zero-order valence-corrected chi connectivity index (χ0v) is 13.3. The van der Waals surface area contributed by atoms with Gasteiger partial charge in [-0.25, -0.2) is 13.6 Å². The van der Waals surface area contributed by atoms with E-state index in [-0.39, 0.29) is 10.2 Å². The van der Waals surface area contributed by atoms with E-state index in [2.05, 4.69) is 21.2 Å². The summed E-state index contributed by atoms with van der Waals surface area (Å²) in [6, 6.07) is 0.907. The van der Waals surface area contributed by atoms with Crippen LogP contribution in [0.15, 0.2) is 16.6 Å². The Bertz CT molecular complexity index is 573. The van der Waals surface area contributed by atoms with E-state index in [1.165, 1.54) is 0 Å². The Morgan fingerprint density at radius 2 is 1.86 bits per heavy atom. The lowest BCUT2D eigenvalue weighted by Gasteiger charge is -2.34. The first-order chi connectivity index (χ1) is 9.52. The maximum absolute atomic E-state index is 13.6. The Kier molecular flexibility index (Phi) is 5.27. The third-order valence-corrected chi connectivity index (χ3v) is 3.21. The number of urea groups is 1.